The van der Waals surface area contributed by atoms with Crippen molar-refractivity contribution >= 4 is 11.4 Å². The van der Waals surface area contributed by atoms with Crippen LogP contribution >= 0.6 is 0 Å². The predicted molar refractivity (Wildman–Crippen MR) is 88.8 cm³/mol. The van der Waals surface area contributed by atoms with Crippen LogP contribution in [0.5, 0.6) is 0 Å². The van der Waals surface area contributed by atoms with Gasteiger partial charge < -0.3 is 10.2 Å². The zero-order chi connectivity index (χ0) is 14.4. The first-order valence-electron chi connectivity index (χ1n) is 7.29. The number of hydrogen-bond acceptors (Lipinski definition) is 2. The van der Waals surface area contributed by atoms with Crippen molar-refractivity contribution in [1.82, 2.24) is 0 Å². The maximum absolute atomic E-state index is 3.18. The quantitative estimate of drug-likeness (QED) is 0.853. The maximum Gasteiger partial charge on any atom is 0.0384 e. The second-order valence-corrected chi connectivity index (χ2v) is 5.14. The number of aryl methyl sites for hydroxylation is 1. The molecule has 0 aliphatic heterocycles. The minimum Gasteiger partial charge on any atom is -0.388 e. The summed E-state index contributed by atoms with van der Waals surface area (Å²) in [5.41, 5.74) is 5.21. The molecule has 0 atom stereocenters. The molecule has 2 aromatic carbocycles. The van der Waals surface area contributed by atoms with Crippen LogP contribution in [0, 0.1) is 0 Å². The highest BCUT2D eigenvalue weighted by molar-refractivity contribution is 5.57. The Morgan fingerprint density at radius 1 is 1.00 bits per heavy atom. The van der Waals surface area contributed by atoms with E-state index in [0.717, 1.165) is 25.1 Å². The van der Waals surface area contributed by atoms with E-state index >= 15 is 0 Å². The van der Waals surface area contributed by atoms with Crippen LogP contribution in [-0.2, 0) is 12.8 Å². The predicted octanol–water partition coefficient (Wildman–Crippen LogP) is 3.97. The summed E-state index contributed by atoms with van der Waals surface area (Å²) in [6.07, 6.45) is 2.18. The van der Waals surface area contributed by atoms with Crippen molar-refractivity contribution < 1.29 is 0 Å². The molecule has 2 rings (SSSR count). The summed E-state index contributed by atoms with van der Waals surface area (Å²) in [6.45, 7) is 3.22. The van der Waals surface area contributed by atoms with Crippen molar-refractivity contribution in [3.63, 3.8) is 0 Å². The summed E-state index contributed by atoms with van der Waals surface area (Å²) < 4.78 is 0. The fourth-order valence-electron chi connectivity index (χ4n) is 2.27. The van der Waals surface area contributed by atoms with Crippen LogP contribution in [0.3, 0.4) is 0 Å². The lowest BCUT2D eigenvalue weighted by Gasteiger charge is -2.20. The molecule has 0 unspecified atom stereocenters. The third kappa shape index (κ3) is 3.77. The molecular weight excluding hydrogens is 244 g/mol. The van der Waals surface area contributed by atoms with Crippen LogP contribution in [-0.4, -0.2) is 20.6 Å². The van der Waals surface area contributed by atoms with Crippen LogP contribution in [0.15, 0.2) is 48.5 Å². The van der Waals surface area contributed by atoms with Crippen molar-refractivity contribution in [2.24, 2.45) is 0 Å². The largest absolute Gasteiger partial charge is 0.388 e. The summed E-state index contributed by atoms with van der Waals surface area (Å²) in [6, 6.07) is 17.5. The lowest BCUT2D eigenvalue weighted by atomic mass is 10.1. The van der Waals surface area contributed by atoms with Gasteiger partial charge in [-0.15, -0.1) is 0 Å². The summed E-state index contributed by atoms with van der Waals surface area (Å²) >= 11 is 0. The molecule has 0 heterocycles. The maximum atomic E-state index is 3.18. The lowest BCUT2D eigenvalue weighted by Crippen LogP contribution is -2.20. The van der Waals surface area contributed by atoms with Crippen molar-refractivity contribution in [1.29, 1.82) is 0 Å². The molecule has 0 fully saturated rings. The molecule has 0 spiro atoms. The molecule has 106 valence electrons. The molecule has 20 heavy (non-hydrogen) atoms. The number of benzene rings is 2. The second-order valence-electron chi connectivity index (χ2n) is 5.14. The van der Waals surface area contributed by atoms with E-state index in [1.165, 1.54) is 16.8 Å². The Labute approximate surface area is 122 Å². The first-order valence-corrected chi connectivity index (χ1v) is 7.29. The van der Waals surface area contributed by atoms with Crippen molar-refractivity contribution in [2.45, 2.75) is 19.8 Å². The van der Waals surface area contributed by atoms with Gasteiger partial charge in [-0.25, -0.2) is 0 Å². The fourth-order valence-corrected chi connectivity index (χ4v) is 2.27. The Morgan fingerprint density at radius 2 is 1.70 bits per heavy atom. The lowest BCUT2D eigenvalue weighted by molar-refractivity contribution is 0.876. The molecule has 0 aliphatic carbocycles. The van der Waals surface area contributed by atoms with Gasteiger partial charge in [0.15, 0.2) is 0 Å². The van der Waals surface area contributed by atoms with E-state index in [0.29, 0.717) is 0 Å². The average Bonchev–Trinajstić information content (AvgIpc) is 2.53. The van der Waals surface area contributed by atoms with Crippen LogP contribution in [0.1, 0.15) is 18.1 Å². The summed E-state index contributed by atoms with van der Waals surface area (Å²) in [5.74, 6) is 0. The van der Waals surface area contributed by atoms with E-state index in [1.54, 1.807) is 0 Å². The third-order valence-electron chi connectivity index (χ3n) is 3.74. The van der Waals surface area contributed by atoms with Crippen molar-refractivity contribution in [3.8, 4) is 0 Å². The number of anilines is 2. The average molecular weight is 268 g/mol. The molecule has 1 N–H and O–H groups in total. The Hall–Kier alpha value is -1.96. The normalized spacial score (nSPS) is 10.3. The molecule has 0 aliphatic rings. The van der Waals surface area contributed by atoms with E-state index in [9.17, 15) is 0 Å². The number of nitrogens with one attached hydrogen (secondary N) is 1. The topological polar surface area (TPSA) is 15.3 Å². The van der Waals surface area contributed by atoms with E-state index < -0.39 is 0 Å². The standard InChI is InChI=1S/C18H24N2/c1-4-15-8-10-16(11-9-15)12-13-20(3)18-7-5-6-17(14-18)19-2/h5-11,14,19H,4,12-13H2,1-3H3. The Bertz CT molecular complexity index is 531. The van der Waals surface area contributed by atoms with Gasteiger partial charge in [0.1, 0.15) is 0 Å². The van der Waals surface area contributed by atoms with Crippen LogP contribution in [0.4, 0.5) is 11.4 Å². The van der Waals surface area contributed by atoms with Gasteiger partial charge in [-0.3, -0.25) is 0 Å². The second kappa shape index (κ2) is 6.99. The van der Waals surface area contributed by atoms with E-state index in [-0.39, 0.29) is 0 Å². The first kappa shape index (κ1) is 14.4. The van der Waals surface area contributed by atoms with E-state index in [2.05, 4.69) is 72.7 Å². The zero-order valence-electron chi connectivity index (χ0n) is 12.7. The minimum absolute atomic E-state index is 1.03. The fraction of sp³-hybridized carbons (Fsp3) is 0.333. The smallest absolute Gasteiger partial charge is 0.0384 e. The number of nitrogens with zero attached hydrogens (tertiary/aromatic N) is 1. The highest BCUT2D eigenvalue weighted by Crippen LogP contribution is 2.18. The summed E-state index contributed by atoms with van der Waals surface area (Å²) in [5, 5.41) is 3.18. The molecular formula is C18H24N2. The van der Waals surface area contributed by atoms with Gasteiger partial charge in [0.25, 0.3) is 0 Å². The third-order valence-corrected chi connectivity index (χ3v) is 3.74. The van der Waals surface area contributed by atoms with E-state index in [4.69, 9.17) is 0 Å². The Morgan fingerprint density at radius 3 is 2.35 bits per heavy atom. The van der Waals surface area contributed by atoms with Crippen molar-refractivity contribution in [2.75, 3.05) is 30.9 Å². The molecule has 2 heteroatoms. The molecule has 0 saturated carbocycles. The van der Waals surface area contributed by atoms with Gasteiger partial charge in [0, 0.05) is 32.0 Å². The minimum atomic E-state index is 1.03. The molecule has 0 bridgehead atoms. The van der Waals surface area contributed by atoms with Crippen molar-refractivity contribution in [3.05, 3.63) is 59.7 Å². The monoisotopic (exact) mass is 268 g/mol. The highest BCUT2D eigenvalue weighted by atomic mass is 15.1. The van der Waals surface area contributed by atoms with Crippen LogP contribution < -0.4 is 10.2 Å². The number of rotatable bonds is 6. The number of hydrogen-bond donors (Lipinski definition) is 1. The summed E-state index contributed by atoms with van der Waals surface area (Å²) in [7, 11) is 4.10. The van der Waals surface area contributed by atoms with Gasteiger partial charge in [-0.2, -0.15) is 0 Å². The first-order chi connectivity index (χ1) is 9.72. The van der Waals surface area contributed by atoms with Gasteiger partial charge in [-0.05, 0) is 42.2 Å². The SMILES string of the molecule is CCc1ccc(CCN(C)c2cccc(NC)c2)cc1. The van der Waals surface area contributed by atoms with Gasteiger partial charge in [-0.1, -0.05) is 37.3 Å². The molecule has 2 nitrogen and oxygen atoms in total. The summed E-state index contributed by atoms with van der Waals surface area (Å²) in [4.78, 5) is 2.30. The van der Waals surface area contributed by atoms with Gasteiger partial charge in [0.2, 0.25) is 0 Å². The van der Waals surface area contributed by atoms with Gasteiger partial charge >= 0.3 is 0 Å². The molecule has 0 aromatic heterocycles. The molecule has 2 aromatic rings. The Balaban J connectivity index is 1.95. The molecule has 0 amide bonds. The zero-order valence-corrected chi connectivity index (χ0v) is 12.7. The highest BCUT2D eigenvalue weighted by Gasteiger charge is 2.02. The molecule has 0 radical (unpaired) electrons. The van der Waals surface area contributed by atoms with E-state index in [1.807, 2.05) is 7.05 Å². The number of likely N-dealkylation sites (N-methyl/N-ethyl adjacent to an activating group) is 1. The Kier molecular flexibility index (Phi) is 5.05. The van der Waals surface area contributed by atoms with Gasteiger partial charge in [0.05, 0.1) is 0 Å². The van der Waals surface area contributed by atoms with Crippen LogP contribution in [0.2, 0.25) is 0 Å². The molecule has 0 saturated heterocycles. The van der Waals surface area contributed by atoms with Crippen LogP contribution in [0.25, 0.3) is 0 Å².